The van der Waals surface area contributed by atoms with Crippen LogP contribution in [0.1, 0.15) is 30.9 Å². The standard InChI is InChI=1S/C15H23NO3.C7H4Br2N2/c1-4-5-9-16(10-11-19-15(17)18-3)14-8-6-7-13(2)12-14;8-5-1-4(3-10)2-6(9)7(5)11/h6-8,12H,4-5,9-11H2,1-3H3;1-2H,11H2. The maximum Gasteiger partial charge on any atom is 0.508 e. The van der Waals surface area contributed by atoms with Gasteiger partial charge < -0.3 is 20.1 Å². The summed E-state index contributed by atoms with van der Waals surface area (Å²) in [6, 6.07) is 13.7. The van der Waals surface area contributed by atoms with E-state index in [-0.39, 0.29) is 0 Å². The summed E-state index contributed by atoms with van der Waals surface area (Å²) in [6.07, 6.45) is 1.63. The molecule has 0 aromatic heterocycles. The van der Waals surface area contributed by atoms with Crippen molar-refractivity contribution < 1.29 is 14.3 Å². The molecule has 0 unspecified atom stereocenters. The second-order valence-electron chi connectivity index (χ2n) is 6.45. The molecule has 0 amide bonds. The molecule has 0 fully saturated rings. The Kier molecular flexibility index (Phi) is 11.9. The number of hydrogen-bond acceptors (Lipinski definition) is 6. The van der Waals surface area contributed by atoms with Crippen molar-refractivity contribution in [3.63, 3.8) is 0 Å². The fourth-order valence-corrected chi connectivity index (χ4v) is 3.68. The molecule has 0 radical (unpaired) electrons. The number of carbonyl (C=O) groups excluding carboxylic acids is 1. The third-order valence-corrected chi connectivity index (χ3v) is 5.42. The van der Waals surface area contributed by atoms with Gasteiger partial charge in [0.25, 0.3) is 0 Å². The van der Waals surface area contributed by atoms with E-state index in [4.69, 9.17) is 15.7 Å². The molecule has 0 saturated carbocycles. The zero-order valence-corrected chi connectivity index (χ0v) is 20.6. The lowest BCUT2D eigenvalue weighted by molar-refractivity contribution is 0.0747. The van der Waals surface area contributed by atoms with Crippen molar-refractivity contribution in [3.05, 3.63) is 56.5 Å². The van der Waals surface area contributed by atoms with Gasteiger partial charge in [-0.05, 0) is 75.0 Å². The summed E-state index contributed by atoms with van der Waals surface area (Å²) in [5.74, 6) is 0. The van der Waals surface area contributed by atoms with Gasteiger partial charge in [-0.25, -0.2) is 4.79 Å². The van der Waals surface area contributed by atoms with E-state index < -0.39 is 6.16 Å². The van der Waals surface area contributed by atoms with Crippen LogP contribution in [0.15, 0.2) is 45.3 Å². The van der Waals surface area contributed by atoms with Crippen LogP contribution in [0.25, 0.3) is 0 Å². The second-order valence-corrected chi connectivity index (χ2v) is 8.16. The number of halogens is 2. The van der Waals surface area contributed by atoms with Crippen molar-refractivity contribution in [2.24, 2.45) is 0 Å². The number of hydrogen-bond donors (Lipinski definition) is 1. The average Bonchev–Trinajstić information content (AvgIpc) is 2.74. The number of nitrogens with two attached hydrogens (primary N) is 1. The summed E-state index contributed by atoms with van der Waals surface area (Å²) in [5.41, 5.74) is 9.20. The van der Waals surface area contributed by atoms with Crippen molar-refractivity contribution >= 4 is 49.4 Å². The number of nitrogens with zero attached hydrogens (tertiary/aromatic N) is 2. The lowest BCUT2D eigenvalue weighted by Gasteiger charge is -2.24. The zero-order valence-electron chi connectivity index (χ0n) is 17.5. The van der Waals surface area contributed by atoms with E-state index in [1.165, 1.54) is 18.4 Å². The summed E-state index contributed by atoms with van der Waals surface area (Å²) in [6.45, 7) is 6.22. The lowest BCUT2D eigenvalue weighted by atomic mass is 10.2. The van der Waals surface area contributed by atoms with Crippen molar-refractivity contribution in [1.29, 1.82) is 5.26 Å². The molecular weight excluding hydrogens is 514 g/mol. The zero-order chi connectivity index (χ0) is 22.5. The lowest BCUT2D eigenvalue weighted by Crippen LogP contribution is -2.29. The monoisotopic (exact) mass is 539 g/mol. The molecule has 2 aromatic rings. The van der Waals surface area contributed by atoms with Gasteiger partial charge in [0.05, 0.1) is 31.0 Å². The van der Waals surface area contributed by atoms with E-state index in [2.05, 4.69) is 73.5 Å². The number of rotatable bonds is 7. The number of aryl methyl sites for hydroxylation is 1. The highest BCUT2D eigenvalue weighted by molar-refractivity contribution is 9.11. The maximum atomic E-state index is 10.9. The molecule has 2 N–H and O–H groups in total. The predicted octanol–water partition coefficient (Wildman–Crippen LogP) is 6.05. The normalized spacial score (nSPS) is 9.73. The molecule has 8 heteroatoms. The topological polar surface area (TPSA) is 88.6 Å². The van der Waals surface area contributed by atoms with Crippen LogP contribution in [0.2, 0.25) is 0 Å². The van der Waals surface area contributed by atoms with Gasteiger partial charge in [0.2, 0.25) is 0 Å². The highest BCUT2D eigenvalue weighted by atomic mass is 79.9. The largest absolute Gasteiger partial charge is 0.508 e. The minimum absolute atomic E-state index is 0.338. The number of unbranched alkanes of at least 4 members (excludes halogenated alkanes) is 1. The van der Waals surface area contributed by atoms with Gasteiger partial charge in [0.1, 0.15) is 6.61 Å². The van der Waals surface area contributed by atoms with Crippen molar-refractivity contribution in [2.75, 3.05) is 37.4 Å². The molecule has 6 nitrogen and oxygen atoms in total. The molecule has 0 heterocycles. The Balaban J connectivity index is 0.000000346. The highest BCUT2D eigenvalue weighted by Crippen LogP contribution is 2.29. The van der Waals surface area contributed by atoms with E-state index >= 15 is 0 Å². The van der Waals surface area contributed by atoms with Crippen molar-refractivity contribution in [3.8, 4) is 6.07 Å². The van der Waals surface area contributed by atoms with E-state index in [1.54, 1.807) is 12.1 Å². The van der Waals surface area contributed by atoms with Crippen LogP contribution in [0.3, 0.4) is 0 Å². The summed E-state index contributed by atoms with van der Waals surface area (Å²) in [5, 5.41) is 8.54. The number of benzene rings is 2. The van der Waals surface area contributed by atoms with Gasteiger partial charge in [0.15, 0.2) is 0 Å². The Labute approximate surface area is 195 Å². The Morgan fingerprint density at radius 1 is 1.20 bits per heavy atom. The average molecular weight is 541 g/mol. The summed E-state index contributed by atoms with van der Waals surface area (Å²) in [4.78, 5) is 13.2. The molecule has 162 valence electrons. The molecule has 0 aliphatic rings. The SMILES string of the molecule is CCCCN(CCOC(=O)OC)c1cccc(C)c1.N#Cc1cc(Br)c(N)c(Br)c1. The van der Waals surface area contributed by atoms with Gasteiger partial charge in [-0.2, -0.15) is 5.26 Å². The van der Waals surface area contributed by atoms with Gasteiger partial charge >= 0.3 is 6.16 Å². The van der Waals surface area contributed by atoms with Crippen LogP contribution >= 0.6 is 31.9 Å². The molecule has 0 aliphatic heterocycles. The minimum atomic E-state index is -0.625. The van der Waals surface area contributed by atoms with Crippen LogP contribution in [-0.2, 0) is 9.47 Å². The van der Waals surface area contributed by atoms with Crippen LogP contribution < -0.4 is 10.6 Å². The molecule has 0 spiro atoms. The highest BCUT2D eigenvalue weighted by Gasteiger charge is 2.08. The number of methoxy groups -OCH3 is 1. The number of carbonyl (C=O) groups is 1. The van der Waals surface area contributed by atoms with E-state index in [0.717, 1.165) is 28.3 Å². The van der Waals surface area contributed by atoms with Crippen LogP contribution in [-0.4, -0.2) is 33.0 Å². The minimum Gasteiger partial charge on any atom is -0.438 e. The molecule has 0 atom stereocenters. The van der Waals surface area contributed by atoms with Crippen molar-refractivity contribution in [2.45, 2.75) is 26.7 Å². The molecule has 0 aliphatic carbocycles. The van der Waals surface area contributed by atoms with E-state index in [0.29, 0.717) is 24.4 Å². The fourth-order valence-electron chi connectivity index (χ4n) is 2.49. The summed E-state index contributed by atoms with van der Waals surface area (Å²) < 4.78 is 10.9. The Morgan fingerprint density at radius 2 is 1.87 bits per heavy atom. The summed E-state index contributed by atoms with van der Waals surface area (Å²) in [7, 11) is 1.32. The molecule has 30 heavy (non-hydrogen) atoms. The number of ether oxygens (including phenoxy) is 2. The molecule has 2 aromatic carbocycles. The number of nitriles is 1. The Hall–Kier alpha value is -2.24. The van der Waals surface area contributed by atoms with Gasteiger partial charge in [0, 0.05) is 21.2 Å². The first-order valence-electron chi connectivity index (χ1n) is 9.49. The smallest absolute Gasteiger partial charge is 0.438 e. The van der Waals surface area contributed by atoms with E-state index in [9.17, 15) is 4.79 Å². The Morgan fingerprint density at radius 3 is 2.40 bits per heavy atom. The van der Waals surface area contributed by atoms with Crippen LogP contribution in [0.4, 0.5) is 16.2 Å². The molecule has 2 rings (SSSR count). The second kappa shape index (κ2) is 13.9. The van der Waals surface area contributed by atoms with Gasteiger partial charge in [-0.3, -0.25) is 0 Å². The quantitative estimate of drug-likeness (QED) is 0.339. The summed E-state index contributed by atoms with van der Waals surface area (Å²) >= 11 is 6.46. The van der Waals surface area contributed by atoms with Crippen molar-refractivity contribution in [1.82, 2.24) is 0 Å². The van der Waals surface area contributed by atoms with E-state index in [1.807, 2.05) is 12.1 Å². The maximum absolute atomic E-state index is 10.9. The first-order valence-corrected chi connectivity index (χ1v) is 11.1. The predicted molar refractivity (Wildman–Crippen MR) is 128 cm³/mol. The Bertz CT molecular complexity index is 846. The third kappa shape index (κ3) is 9.06. The van der Waals surface area contributed by atoms with Crippen LogP contribution in [0.5, 0.6) is 0 Å². The van der Waals surface area contributed by atoms with Gasteiger partial charge in [-0.15, -0.1) is 0 Å². The first-order chi connectivity index (χ1) is 14.3. The number of anilines is 2. The number of nitrogen functional groups attached to an aromatic ring is 1. The molecular formula is C22H27Br2N3O3. The fraction of sp³-hybridized carbons (Fsp3) is 0.364. The third-order valence-electron chi connectivity index (χ3n) is 4.10. The van der Waals surface area contributed by atoms with Crippen LogP contribution in [0, 0.1) is 18.3 Å². The molecule has 0 bridgehead atoms. The van der Waals surface area contributed by atoms with Gasteiger partial charge in [-0.1, -0.05) is 25.5 Å². The first kappa shape index (κ1) is 25.8. The molecule has 0 saturated heterocycles.